The normalized spacial score (nSPS) is 21.7. The van der Waals surface area contributed by atoms with Crippen molar-refractivity contribution in [3.63, 3.8) is 0 Å². The Balaban J connectivity index is 1.57. The quantitative estimate of drug-likeness (QED) is 0.610. The van der Waals surface area contributed by atoms with Crippen LogP contribution in [0.3, 0.4) is 0 Å². The highest BCUT2D eigenvalue weighted by Gasteiger charge is 2.65. The molecule has 4 rings (SSSR count). The lowest BCUT2D eigenvalue weighted by atomic mass is 10.1. The Labute approximate surface area is 154 Å². The van der Waals surface area contributed by atoms with Crippen LogP contribution >= 0.6 is 11.9 Å². The Morgan fingerprint density at radius 3 is 2.70 bits per heavy atom. The number of benzene rings is 1. The van der Waals surface area contributed by atoms with E-state index in [2.05, 4.69) is 19.2 Å². The van der Waals surface area contributed by atoms with E-state index in [9.17, 15) is 22.4 Å². The highest BCUT2D eigenvalue weighted by molar-refractivity contribution is 7.98. The Bertz CT molecular complexity index is 901. The van der Waals surface area contributed by atoms with Crippen LogP contribution in [0.5, 0.6) is 11.5 Å². The first kappa shape index (κ1) is 17.7. The molecule has 0 atom stereocenters. The average molecular weight is 401 g/mol. The first-order valence-corrected chi connectivity index (χ1v) is 8.66. The fourth-order valence-corrected chi connectivity index (χ4v) is 3.27. The molecule has 27 heavy (non-hydrogen) atoms. The molecule has 6 nitrogen and oxygen atoms in total. The van der Waals surface area contributed by atoms with Crippen LogP contribution in [0.15, 0.2) is 46.6 Å². The van der Waals surface area contributed by atoms with Crippen molar-refractivity contribution >= 4 is 23.7 Å². The van der Waals surface area contributed by atoms with E-state index in [1.807, 2.05) is 11.1 Å². The Kier molecular flexibility index (Phi) is 4.06. The third-order valence-corrected chi connectivity index (χ3v) is 4.55. The van der Waals surface area contributed by atoms with E-state index >= 15 is 0 Å². The average Bonchev–Trinajstić information content (AvgIpc) is 2.62. The second kappa shape index (κ2) is 6.19. The summed E-state index contributed by atoms with van der Waals surface area (Å²) in [6.07, 6.45) is -4.45. The van der Waals surface area contributed by atoms with Gasteiger partial charge in [0, 0.05) is 24.1 Å². The number of carbonyl (C=O) groups excluding carboxylic acids is 1. The molecule has 1 aromatic carbocycles. The van der Waals surface area contributed by atoms with Gasteiger partial charge in [0.1, 0.15) is 0 Å². The predicted octanol–water partition coefficient (Wildman–Crippen LogP) is 3.15. The molecule has 11 heteroatoms. The second-order valence-corrected chi connectivity index (χ2v) is 6.57. The number of allylic oxidation sites excluding steroid dienone is 2. The van der Waals surface area contributed by atoms with Crippen molar-refractivity contribution < 1.29 is 31.8 Å². The zero-order valence-electron chi connectivity index (χ0n) is 13.4. The van der Waals surface area contributed by atoms with Crippen LogP contribution < -0.4 is 14.8 Å². The molecule has 0 aliphatic carbocycles. The number of fused-ring (bicyclic) bond motifs is 2. The first-order valence-electron chi connectivity index (χ1n) is 7.71. The van der Waals surface area contributed by atoms with Gasteiger partial charge in [0.05, 0.1) is 5.70 Å². The maximum Gasteiger partial charge on any atom is 0.507 e. The van der Waals surface area contributed by atoms with E-state index < -0.39 is 29.6 Å². The molecule has 0 aromatic heterocycles. The molecule has 0 saturated carbocycles. The van der Waals surface area contributed by atoms with Gasteiger partial charge in [0.15, 0.2) is 17.3 Å². The number of amidine groups is 1. The fourth-order valence-electron chi connectivity index (χ4n) is 2.57. The fraction of sp³-hybridized carbons (Fsp3) is 0.250. The van der Waals surface area contributed by atoms with Gasteiger partial charge in [-0.05, 0) is 42.3 Å². The summed E-state index contributed by atoms with van der Waals surface area (Å²) in [7, 11) is 0. The smallest absolute Gasteiger partial charge is 0.421 e. The van der Waals surface area contributed by atoms with Crippen molar-refractivity contribution in [3.05, 3.63) is 47.8 Å². The lowest BCUT2D eigenvalue weighted by Gasteiger charge is -2.32. The molecule has 1 aromatic rings. The van der Waals surface area contributed by atoms with Crippen LogP contribution in [-0.4, -0.2) is 41.2 Å². The van der Waals surface area contributed by atoms with E-state index in [1.54, 1.807) is 12.2 Å². The number of rotatable bonds is 2. The van der Waals surface area contributed by atoms with Crippen molar-refractivity contribution in [1.82, 2.24) is 10.2 Å². The summed E-state index contributed by atoms with van der Waals surface area (Å²) in [5, 5.41) is 2.63. The third kappa shape index (κ3) is 3.11. The molecule has 3 heterocycles. The monoisotopic (exact) mass is 401 g/mol. The van der Waals surface area contributed by atoms with Crippen molar-refractivity contribution in [2.24, 2.45) is 4.40 Å². The number of hydrogen-bond donors (Lipinski definition) is 1. The molecule has 0 saturated heterocycles. The maximum atomic E-state index is 13.3. The number of carbonyl (C=O) groups is 1. The standard InChI is InChI=1S/C16H11F4N3O3S/c17-15(18)16(19,20)26-12-8-9(3-4-11(12)25-15)14(24)21-10-2-1-5-23-6-7-27-22-13(10)23/h1-5,8H,6-7H2,(H,21,24). The zero-order valence-corrected chi connectivity index (χ0v) is 14.2. The van der Waals surface area contributed by atoms with Crippen molar-refractivity contribution in [2.45, 2.75) is 12.2 Å². The van der Waals surface area contributed by atoms with Crippen molar-refractivity contribution in [1.29, 1.82) is 0 Å². The number of nitrogens with zero attached hydrogens (tertiary/aromatic N) is 2. The largest absolute Gasteiger partial charge is 0.507 e. The van der Waals surface area contributed by atoms with Crippen LogP contribution in [0.1, 0.15) is 10.4 Å². The molecule has 0 radical (unpaired) electrons. The predicted molar refractivity (Wildman–Crippen MR) is 88.9 cm³/mol. The lowest BCUT2D eigenvalue weighted by Crippen LogP contribution is -2.52. The zero-order chi connectivity index (χ0) is 19.2. The molecule has 0 unspecified atom stereocenters. The van der Waals surface area contributed by atoms with E-state index in [1.165, 1.54) is 18.0 Å². The van der Waals surface area contributed by atoms with Crippen LogP contribution in [-0.2, 0) is 0 Å². The van der Waals surface area contributed by atoms with Gasteiger partial charge in [-0.25, -0.2) is 0 Å². The summed E-state index contributed by atoms with van der Waals surface area (Å²) in [6, 6.07) is 3.07. The Morgan fingerprint density at radius 2 is 1.93 bits per heavy atom. The number of halogens is 4. The van der Waals surface area contributed by atoms with E-state index in [4.69, 9.17) is 0 Å². The lowest BCUT2D eigenvalue weighted by molar-refractivity contribution is -0.391. The number of nitrogens with one attached hydrogen (secondary N) is 1. The van der Waals surface area contributed by atoms with Crippen LogP contribution in [0.2, 0.25) is 0 Å². The van der Waals surface area contributed by atoms with E-state index in [0.29, 0.717) is 11.5 Å². The minimum atomic E-state index is -4.85. The second-order valence-electron chi connectivity index (χ2n) is 5.72. The van der Waals surface area contributed by atoms with Crippen LogP contribution in [0.25, 0.3) is 0 Å². The Morgan fingerprint density at radius 1 is 1.19 bits per heavy atom. The summed E-state index contributed by atoms with van der Waals surface area (Å²) in [5.74, 6) is -0.506. The van der Waals surface area contributed by atoms with Gasteiger partial charge < -0.3 is 19.7 Å². The van der Waals surface area contributed by atoms with Crippen molar-refractivity contribution in [3.8, 4) is 11.5 Å². The minimum Gasteiger partial charge on any atom is -0.421 e. The number of amides is 1. The molecule has 3 aliphatic rings. The molecule has 1 amide bonds. The summed E-state index contributed by atoms with van der Waals surface area (Å²) >= 11 is 1.35. The van der Waals surface area contributed by atoms with E-state index in [0.717, 1.165) is 24.4 Å². The highest BCUT2D eigenvalue weighted by Crippen LogP contribution is 2.47. The van der Waals surface area contributed by atoms with Gasteiger partial charge in [-0.2, -0.15) is 22.0 Å². The first-order chi connectivity index (χ1) is 12.8. The Hall–Kier alpha value is -2.69. The molecule has 0 spiro atoms. The molecule has 3 aliphatic heterocycles. The van der Waals surface area contributed by atoms with Gasteiger partial charge in [-0.15, -0.1) is 0 Å². The van der Waals surface area contributed by atoms with Gasteiger partial charge in [0.25, 0.3) is 5.91 Å². The minimum absolute atomic E-state index is 0.0653. The summed E-state index contributed by atoms with van der Waals surface area (Å²) < 4.78 is 65.3. The number of hydrogen-bond acceptors (Lipinski definition) is 6. The molecular weight excluding hydrogens is 390 g/mol. The molecular formula is C16H11F4N3O3S. The van der Waals surface area contributed by atoms with Gasteiger partial charge in [-0.3, -0.25) is 4.79 Å². The number of ether oxygens (including phenoxy) is 2. The van der Waals surface area contributed by atoms with E-state index in [-0.39, 0.29) is 5.56 Å². The third-order valence-electron chi connectivity index (χ3n) is 3.89. The molecule has 0 bridgehead atoms. The molecule has 1 N–H and O–H groups in total. The molecule has 142 valence electrons. The molecule has 0 fully saturated rings. The van der Waals surface area contributed by atoms with Gasteiger partial charge in [0.2, 0.25) is 0 Å². The summed E-state index contributed by atoms with van der Waals surface area (Å²) in [4.78, 5) is 14.3. The van der Waals surface area contributed by atoms with Gasteiger partial charge in [-0.1, -0.05) is 0 Å². The highest BCUT2D eigenvalue weighted by atomic mass is 32.2. The summed E-state index contributed by atoms with van der Waals surface area (Å²) in [5.41, 5.74) is 0.367. The topological polar surface area (TPSA) is 63.2 Å². The summed E-state index contributed by atoms with van der Waals surface area (Å²) in [6.45, 7) is 0.723. The maximum absolute atomic E-state index is 13.3. The van der Waals surface area contributed by atoms with Crippen LogP contribution in [0.4, 0.5) is 17.6 Å². The SMILES string of the molecule is O=C(NC1=CC=CN2CCSN=C12)c1ccc2c(c1)OC(F)(F)C(F)(F)O2. The van der Waals surface area contributed by atoms with Gasteiger partial charge >= 0.3 is 12.2 Å². The van der Waals surface area contributed by atoms with Crippen molar-refractivity contribution in [2.75, 3.05) is 12.3 Å². The van der Waals surface area contributed by atoms with Crippen LogP contribution in [0, 0.1) is 0 Å². The number of alkyl halides is 4.